The molecule has 3 rings (SSSR count). The Balaban J connectivity index is 0.00000121. The van der Waals surface area contributed by atoms with Crippen molar-refractivity contribution in [3.05, 3.63) is 23.8 Å². The fraction of sp³-hybridized carbons (Fsp3) is 0.571. The van der Waals surface area contributed by atoms with E-state index in [0.29, 0.717) is 0 Å². The molecule has 8 heteroatoms. The molecule has 0 aliphatic carbocycles. The van der Waals surface area contributed by atoms with Crippen molar-refractivity contribution in [2.24, 2.45) is 0 Å². The Kier molecular flexibility index (Phi) is 6.67. The second kappa shape index (κ2) is 7.64. The van der Waals surface area contributed by atoms with Crippen molar-refractivity contribution >= 4 is 24.8 Å². The maximum atomic E-state index is 13.0. The molecule has 0 amide bonds. The highest BCUT2D eigenvalue weighted by atomic mass is 35.5. The SMILES string of the molecule is CC[C@@H](c1ccc2c(c1)OC(F)(F)O2)N1CCNCC1.Cl.Cl. The largest absolute Gasteiger partial charge is 0.586 e. The fourth-order valence-electron chi connectivity index (χ4n) is 2.87. The fourth-order valence-corrected chi connectivity index (χ4v) is 2.87. The third kappa shape index (κ3) is 3.93. The first kappa shape index (κ1) is 19.2. The minimum Gasteiger partial charge on any atom is -0.395 e. The van der Waals surface area contributed by atoms with Gasteiger partial charge < -0.3 is 14.8 Å². The smallest absolute Gasteiger partial charge is 0.395 e. The number of halogens is 4. The van der Waals surface area contributed by atoms with Crippen LogP contribution in [0.2, 0.25) is 0 Å². The Labute approximate surface area is 141 Å². The lowest BCUT2D eigenvalue weighted by Gasteiger charge is -2.34. The van der Waals surface area contributed by atoms with E-state index in [0.717, 1.165) is 38.2 Å². The standard InChI is InChI=1S/C14H18F2N2O2.2ClH/c1-2-11(18-7-5-17-6-8-18)10-3-4-12-13(9-10)20-14(15,16)19-12;;/h3-4,9,11,17H,2,5-8H2,1H3;2*1H/t11-;;/m0../s1. The van der Waals surface area contributed by atoms with Crippen molar-refractivity contribution in [1.29, 1.82) is 0 Å². The lowest BCUT2D eigenvalue weighted by atomic mass is 10.0. The van der Waals surface area contributed by atoms with Crippen molar-refractivity contribution in [3.8, 4) is 11.5 Å². The first-order valence-corrected chi connectivity index (χ1v) is 6.93. The van der Waals surface area contributed by atoms with Gasteiger partial charge in [0.15, 0.2) is 11.5 Å². The lowest BCUT2D eigenvalue weighted by Crippen LogP contribution is -2.45. The highest BCUT2D eigenvalue weighted by molar-refractivity contribution is 5.85. The molecule has 2 aliphatic rings. The molecule has 1 saturated heterocycles. The molecule has 4 nitrogen and oxygen atoms in total. The number of piperazine rings is 1. The Morgan fingerprint density at radius 2 is 1.82 bits per heavy atom. The molecule has 0 aromatic heterocycles. The van der Waals surface area contributed by atoms with E-state index in [2.05, 4.69) is 26.6 Å². The first-order chi connectivity index (χ1) is 9.59. The molecule has 0 spiro atoms. The topological polar surface area (TPSA) is 33.7 Å². The summed E-state index contributed by atoms with van der Waals surface area (Å²) in [5.74, 6) is 0.231. The van der Waals surface area contributed by atoms with E-state index in [4.69, 9.17) is 0 Å². The van der Waals surface area contributed by atoms with Crippen LogP contribution in [0, 0.1) is 0 Å². The summed E-state index contributed by atoms with van der Waals surface area (Å²) in [4.78, 5) is 2.37. The number of nitrogens with zero attached hydrogens (tertiary/aromatic N) is 1. The first-order valence-electron chi connectivity index (χ1n) is 6.93. The van der Waals surface area contributed by atoms with E-state index >= 15 is 0 Å². The zero-order chi connectivity index (χ0) is 14.2. The number of rotatable bonds is 3. The molecular formula is C14H20Cl2F2N2O2. The van der Waals surface area contributed by atoms with Crippen LogP contribution in [-0.4, -0.2) is 37.4 Å². The highest BCUT2D eigenvalue weighted by Crippen LogP contribution is 2.42. The lowest BCUT2D eigenvalue weighted by molar-refractivity contribution is -0.286. The molecule has 1 atom stereocenters. The zero-order valence-corrected chi connectivity index (χ0v) is 13.8. The second-order valence-corrected chi connectivity index (χ2v) is 5.08. The molecule has 1 aromatic carbocycles. The summed E-state index contributed by atoms with van der Waals surface area (Å²) in [5.41, 5.74) is 0.995. The monoisotopic (exact) mass is 356 g/mol. The molecule has 126 valence electrons. The third-order valence-corrected chi connectivity index (χ3v) is 3.79. The van der Waals surface area contributed by atoms with E-state index in [1.165, 1.54) is 0 Å². The minimum atomic E-state index is -3.54. The Hall–Kier alpha value is -0.820. The quantitative estimate of drug-likeness (QED) is 0.901. The van der Waals surface area contributed by atoms with E-state index < -0.39 is 6.29 Å². The van der Waals surface area contributed by atoms with Crippen LogP contribution in [0.1, 0.15) is 24.9 Å². The molecule has 1 aromatic rings. The average Bonchev–Trinajstić information content (AvgIpc) is 2.74. The van der Waals surface area contributed by atoms with Gasteiger partial charge >= 0.3 is 6.29 Å². The summed E-state index contributed by atoms with van der Waals surface area (Å²) in [6.07, 6.45) is -2.62. The Bertz CT molecular complexity index is 500. The molecule has 22 heavy (non-hydrogen) atoms. The van der Waals surface area contributed by atoms with Crippen LogP contribution < -0.4 is 14.8 Å². The van der Waals surface area contributed by atoms with Gasteiger partial charge in [-0.2, -0.15) is 0 Å². The molecule has 0 saturated carbocycles. The van der Waals surface area contributed by atoms with Gasteiger partial charge in [-0.3, -0.25) is 4.90 Å². The van der Waals surface area contributed by atoms with Crippen LogP contribution in [0.15, 0.2) is 18.2 Å². The number of hydrogen-bond donors (Lipinski definition) is 1. The highest BCUT2D eigenvalue weighted by Gasteiger charge is 2.43. The summed E-state index contributed by atoms with van der Waals surface area (Å²) in [5, 5.41) is 3.31. The number of alkyl halides is 2. The van der Waals surface area contributed by atoms with Crippen LogP contribution in [-0.2, 0) is 0 Å². The van der Waals surface area contributed by atoms with Crippen LogP contribution in [0.3, 0.4) is 0 Å². The zero-order valence-electron chi connectivity index (χ0n) is 12.2. The summed E-state index contributed by atoms with van der Waals surface area (Å²) in [6, 6.07) is 5.31. The summed E-state index contributed by atoms with van der Waals surface area (Å²) < 4.78 is 35.0. The van der Waals surface area contributed by atoms with Gasteiger partial charge in [-0.25, -0.2) is 0 Å². The normalized spacial score (nSPS) is 20.7. The van der Waals surface area contributed by atoms with Crippen LogP contribution in [0.4, 0.5) is 8.78 Å². The van der Waals surface area contributed by atoms with Gasteiger partial charge in [0.1, 0.15) is 0 Å². The number of hydrogen-bond acceptors (Lipinski definition) is 4. The number of ether oxygens (including phenoxy) is 2. The van der Waals surface area contributed by atoms with Gasteiger partial charge in [0.25, 0.3) is 0 Å². The molecule has 2 heterocycles. The Morgan fingerprint density at radius 3 is 2.45 bits per heavy atom. The predicted molar refractivity (Wildman–Crippen MR) is 84.6 cm³/mol. The van der Waals surface area contributed by atoms with E-state index in [9.17, 15) is 8.78 Å². The van der Waals surface area contributed by atoms with Crippen molar-refractivity contribution in [3.63, 3.8) is 0 Å². The number of nitrogens with one attached hydrogen (secondary N) is 1. The van der Waals surface area contributed by atoms with Crippen molar-refractivity contribution in [2.45, 2.75) is 25.7 Å². The maximum Gasteiger partial charge on any atom is 0.586 e. The molecule has 0 bridgehead atoms. The number of fused-ring (bicyclic) bond motifs is 1. The third-order valence-electron chi connectivity index (χ3n) is 3.79. The Morgan fingerprint density at radius 1 is 1.18 bits per heavy atom. The predicted octanol–water partition coefficient (Wildman–Crippen LogP) is 3.21. The molecular weight excluding hydrogens is 337 g/mol. The van der Waals surface area contributed by atoms with Crippen molar-refractivity contribution < 1.29 is 18.3 Å². The van der Waals surface area contributed by atoms with E-state index in [1.807, 2.05) is 6.07 Å². The molecule has 1 fully saturated rings. The van der Waals surface area contributed by atoms with Crippen LogP contribution in [0.5, 0.6) is 11.5 Å². The minimum absolute atomic E-state index is 0. The van der Waals surface area contributed by atoms with Gasteiger partial charge in [0.2, 0.25) is 0 Å². The van der Waals surface area contributed by atoms with E-state index in [-0.39, 0.29) is 42.4 Å². The van der Waals surface area contributed by atoms with Crippen molar-refractivity contribution in [2.75, 3.05) is 26.2 Å². The van der Waals surface area contributed by atoms with E-state index in [1.54, 1.807) is 12.1 Å². The maximum absolute atomic E-state index is 13.0. The van der Waals surface area contributed by atoms with Crippen LogP contribution in [0.25, 0.3) is 0 Å². The van der Waals surface area contributed by atoms with Gasteiger partial charge in [-0.1, -0.05) is 13.0 Å². The average molecular weight is 357 g/mol. The van der Waals surface area contributed by atoms with Gasteiger partial charge in [0.05, 0.1) is 0 Å². The van der Waals surface area contributed by atoms with Gasteiger partial charge in [-0.05, 0) is 24.1 Å². The van der Waals surface area contributed by atoms with Crippen molar-refractivity contribution in [1.82, 2.24) is 10.2 Å². The van der Waals surface area contributed by atoms with Gasteiger partial charge in [-0.15, -0.1) is 33.6 Å². The molecule has 0 radical (unpaired) electrons. The summed E-state index contributed by atoms with van der Waals surface area (Å²) >= 11 is 0. The number of benzene rings is 1. The van der Waals surface area contributed by atoms with Gasteiger partial charge in [0, 0.05) is 32.2 Å². The molecule has 2 aliphatic heterocycles. The molecule has 0 unspecified atom stereocenters. The summed E-state index contributed by atoms with van der Waals surface area (Å²) in [6.45, 7) is 5.94. The molecule has 1 N–H and O–H groups in total. The second-order valence-electron chi connectivity index (χ2n) is 5.08. The summed E-state index contributed by atoms with van der Waals surface area (Å²) in [7, 11) is 0. The van der Waals surface area contributed by atoms with Crippen LogP contribution >= 0.6 is 24.8 Å².